The Labute approximate surface area is 269 Å². The number of benzene rings is 2. The van der Waals surface area contributed by atoms with E-state index in [9.17, 15) is 9.59 Å². The van der Waals surface area contributed by atoms with E-state index in [-0.39, 0.29) is 11.4 Å². The molecule has 0 fully saturated rings. The molecule has 0 unspecified atom stereocenters. The fraction of sp³-hybridized carbons (Fsp3) is 0. The average Bonchev–Trinajstić information content (AvgIpc) is 3.67. The summed E-state index contributed by atoms with van der Waals surface area (Å²) in [6.07, 6.45) is 9.57. The molecule has 210 valence electrons. The van der Waals surface area contributed by atoms with E-state index < -0.39 is 0 Å². The maximum Gasteiger partial charge on any atom is 0.331 e. The molecule has 0 radical (unpaired) electrons. The Kier molecular flexibility index (Phi) is 12.2. The van der Waals surface area contributed by atoms with Crippen LogP contribution in [0.4, 0.5) is 0 Å². The molecule has 0 saturated carbocycles. The molecule has 0 atom stereocenters. The van der Waals surface area contributed by atoms with Crippen molar-refractivity contribution in [3.8, 4) is 0 Å². The van der Waals surface area contributed by atoms with Gasteiger partial charge in [-0.2, -0.15) is 0 Å². The molecule has 0 aliphatic carbocycles. The van der Waals surface area contributed by atoms with Crippen molar-refractivity contribution in [1.29, 1.82) is 10.8 Å². The molecular formula is C24H15BrCl4N8O2S2. The summed E-state index contributed by atoms with van der Waals surface area (Å²) in [6.45, 7) is 0. The number of hydrogen-bond donors (Lipinski definition) is 3. The standard InChI is InChI=1S/C12H7Cl2N3OS.C6H4BrN3O.C6H4Cl2S.N2/c13-7-2-1-3-8(10(7)14)19-9-6-16-12(18)17-5-4-15-11(9)17;7-4-3-9-6(11)10-2-1-8-5(4)10;7-4-2-1-3-5(9)6(4)8;1-2/h1-6H,(H,16,18);1-3H,(H,9,11);1-3,9H;. The van der Waals surface area contributed by atoms with E-state index in [0.717, 1.165) is 14.3 Å². The van der Waals surface area contributed by atoms with Crippen molar-refractivity contribution in [3.05, 3.63) is 119 Å². The molecule has 10 nitrogen and oxygen atoms in total. The Hall–Kier alpha value is -2.96. The van der Waals surface area contributed by atoms with Gasteiger partial charge in [-0.1, -0.05) is 70.3 Å². The molecule has 0 amide bonds. The van der Waals surface area contributed by atoms with Gasteiger partial charge in [0, 0.05) is 57.8 Å². The highest BCUT2D eigenvalue weighted by Gasteiger charge is 2.11. The number of nitrogens with zero attached hydrogens (tertiary/aromatic N) is 6. The lowest BCUT2D eigenvalue weighted by atomic mass is 10.4. The van der Waals surface area contributed by atoms with Gasteiger partial charge in [-0.25, -0.2) is 19.6 Å². The number of thiol groups is 1. The summed E-state index contributed by atoms with van der Waals surface area (Å²) in [7, 11) is 0. The molecule has 2 aromatic carbocycles. The van der Waals surface area contributed by atoms with Crippen LogP contribution in [0.25, 0.3) is 11.3 Å². The lowest BCUT2D eigenvalue weighted by molar-refractivity contribution is 0.971. The number of rotatable bonds is 2. The number of H-pyrrole nitrogens is 2. The lowest BCUT2D eigenvalue weighted by Crippen LogP contribution is -2.14. The Balaban J connectivity index is 0.000000179. The maximum atomic E-state index is 11.6. The zero-order valence-corrected chi connectivity index (χ0v) is 26.5. The smallest absolute Gasteiger partial charge is 0.313 e. The third-order valence-corrected chi connectivity index (χ3v) is 8.79. The van der Waals surface area contributed by atoms with Crippen LogP contribution in [0.1, 0.15) is 0 Å². The zero-order chi connectivity index (χ0) is 30.1. The Morgan fingerprint density at radius 3 is 1.90 bits per heavy atom. The van der Waals surface area contributed by atoms with Gasteiger partial charge in [-0.05, 0) is 40.2 Å². The Morgan fingerprint density at radius 1 is 0.780 bits per heavy atom. The topological polar surface area (TPSA) is 148 Å². The van der Waals surface area contributed by atoms with Gasteiger partial charge in [0.05, 0.1) is 29.5 Å². The van der Waals surface area contributed by atoms with Crippen molar-refractivity contribution in [2.45, 2.75) is 14.7 Å². The van der Waals surface area contributed by atoms with Crippen LogP contribution in [0.5, 0.6) is 0 Å². The molecule has 6 aromatic rings. The summed E-state index contributed by atoms with van der Waals surface area (Å²) < 4.78 is 3.66. The largest absolute Gasteiger partial charge is 0.331 e. The van der Waals surface area contributed by atoms with Gasteiger partial charge in [0.25, 0.3) is 0 Å². The van der Waals surface area contributed by atoms with Crippen LogP contribution in [0.2, 0.25) is 20.1 Å². The van der Waals surface area contributed by atoms with Crippen molar-refractivity contribution in [2.75, 3.05) is 0 Å². The van der Waals surface area contributed by atoms with Crippen molar-refractivity contribution in [2.24, 2.45) is 0 Å². The third kappa shape index (κ3) is 8.08. The van der Waals surface area contributed by atoms with Gasteiger partial charge in [-0.15, -0.1) is 12.6 Å². The number of aromatic nitrogens is 6. The first-order valence-electron chi connectivity index (χ1n) is 10.9. The summed E-state index contributed by atoms with van der Waals surface area (Å²) >= 11 is 32.1. The molecule has 0 aliphatic heterocycles. The van der Waals surface area contributed by atoms with Gasteiger partial charge in [-0.3, -0.25) is 8.80 Å². The highest BCUT2D eigenvalue weighted by atomic mass is 79.9. The van der Waals surface area contributed by atoms with E-state index in [4.69, 9.17) is 57.2 Å². The second-order valence-corrected chi connectivity index (χ2v) is 11.4. The van der Waals surface area contributed by atoms with Crippen LogP contribution in [0.15, 0.2) is 102 Å². The molecule has 0 aliphatic rings. The molecule has 17 heteroatoms. The minimum absolute atomic E-state index is 0.180. The summed E-state index contributed by atoms with van der Waals surface area (Å²) in [5.41, 5.74) is 0.813. The molecule has 41 heavy (non-hydrogen) atoms. The number of hydrogen-bond acceptors (Lipinski definition) is 8. The van der Waals surface area contributed by atoms with Crippen molar-refractivity contribution < 1.29 is 0 Å². The van der Waals surface area contributed by atoms with E-state index in [0.29, 0.717) is 36.3 Å². The molecule has 4 heterocycles. The van der Waals surface area contributed by atoms with E-state index in [1.54, 1.807) is 61.4 Å². The second-order valence-electron chi connectivity index (χ2n) is 7.37. The van der Waals surface area contributed by atoms with Crippen LogP contribution in [-0.2, 0) is 0 Å². The van der Waals surface area contributed by atoms with E-state index in [2.05, 4.69) is 48.5 Å². The van der Waals surface area contributed by atoms with Crippen LogP contribution < -0.4 is 11.4 Å². The molecule has 6 rings (SSSR count). The fourth-order valence-corrected chi connectivity index (χ4v) is 5.46. The fourth-order valence-electron chi connectivity index (χ4n) is 3.06. The Morgan fingerprint density at radius 2 is 1.32 bits per heavy atom. The van der Waals surface area contributed by atoms with E-state index in [1.807, 2.05) is 12.1 Å². The first kappa shape index (κ1) is 32.6. The molecule has 0 saturated heterocycles. The third-order valence-electron chi connectivity index (χ3n) is 4.87. The monoisotopic (exact) mass is 730 g/mol. The van der Waals surface area contributed by atoms with Gasteiger partial charge in [0.1, 0.15) is 0 Å². The first-order valence-corrected chi connectivity index (χ1v) is 14.4. The maximum absolute atomic E-state index is 11.6. The van der Waals surface area contributed by atoms with Crippen molar-refractivity contribution in [3.63, 3.8) is 0 Å². The van der Waals surface area contributed by atoms with Crippen LogP contribution in [0, 0.1) is 10.8 Å². The van der Waals surface area contributed by atoms with Gasteiger partial charge >= 0.3 is 11.4 Å². The Bertz CT molecular complexity index is 1920. The molecular weight excluding hydrogens is 718 g/mol. The normalized spacial score (nSPS) is 10.1. The van der Waals surface area contributed by atoms with Gasteiger partial charge in [0.2, 0.25) is 0 Å². The van der Waals surface area contributed by atoms with Crippen LogP contribution in [0.3, 0.4) is 0 Å². The van der Waals surface area contributed by atoms with E-state index in [1.165, 1.54) is 20.6 Å². The van der Waals surface area contributed by atoms with Gasteiger partial charge in [0.15, 0.2) is 11.3 Å². The highest BCUT2D eigenvalue weighted by molar-refractivity contribution is 9.10. The highest BCUT2D eigenvalue weighted by Crippen LogP contribution is 2.37. The zero-order valence-electron chi connectivity index (χ0n) is 20.2. The number of fused-ring (bicyclic) bond motifs is 2. The number of aromatic amines is 2. The van der Waals surface area contributed by atoms with Gasteiger partial charge < -0.3 is 9.97 Å². The minimum Gasteiger partial charge on any atom is -0.313 e. The molecule has 4 aromatic heterocycles. The average molecular weight is 733 g/mol. The molecule has 0 spiro atoms. The van der Waals surface area contributed by atoms with Crippen molar-refractivity contribution in [1.82, 2.24) is 28.7 Å². The molecule has 0 bridgehead atoms. The second kappa shape index (κ2) is 15.3. The molecule has 2 N–H and O–H groups in total. The predicted octanol–water partition coefficient (Wildman–Crippen LogP) is 7.58. The summed E-state index contributed by atoms with van der Waals surface area (Å²) in [6, 6.07) is 10.7. The number of nitrogens with one attached hydrogen (secondary N) is 2. The van der Waals surface area contributed by atoms with Crippen molar-refractivity contribution >= 4 is 98.0 Å². The number of imidazole rings is 2. The van der Waals surface area contributed by atoms with Crippen LogP contribution in [-0.4, -0.2) is 28.7 Å². The first-order chi connectivity index (χ1) is 19.7. The predicted molar refractivity (Wildman–Crippen MR) is 167 cm³/mol. The summed E-state index contributed by atoms with van der Waals surface area (Å²) in [5.74, 6) is 0. The van der Waals surface area contributed by atoms with E-state index >= 15 is 0 Å². The minimum atomic E-state index is -0.228. The quantitative estimate of drug-likeness (QED) is 0.123. The summed E-state index contributed by atoms with van der Waals surface area (Å²) in [4.78, 5) is 38.3. The lowest BCUT2D eigenvalue weighted by Gasteiger charge is -2.06. The van der Waals surface area contributed by atoms with Crippen LogP contribution >= 0.6 is 86.7 Å². The summed E-state index contributed by atoms with van der Waals surface area (Å²) in [5, 5.41) is 14.0. The number of halogens is 5. The SMILES string of the molecule is N#N.O=c1[nH]cc(Br)c2nccn12.O=c1[nH]cc(Sc2cccc(Cl)c2Cl)c2nccn12.Sc1cccc(Cl)c1Cl.